The Balaban J connectivity index is 1.47. The molecule has 2 atom stereocenters. The van der Waals surface area contributed by atoms with Gasteiger partial charge in [0.1, 0.15) is 13.2 Å². The van der Waals surface area contributed by atoms with Crippen molar-refractivity contribution < 1.29 is 28.9 Å². The summed E-state index contributed by atoms with van der Waals surface area (Å²) < 4.78 is 11.8. The Morgan fingerprint density at radius 3 is 1.69 bits per heavy atom. The minimum absolute atomic E-state index is 0.0352. The summed E-state index contributed by atoms with van der Waals surface area (Å²) >= 11 is 0. The van der Waals surface area contributed by atoms with Crippen molar-refractivity contribution in [3.05, 3.63) is 127 Å². The molecule has 3 aromatic carbocycles. The van der Waals surface area contributed by atoms with Crippen molar-refractivity contribution in [3.8, 4) is 0 Å². The first kappa shape index (κ1) is 28.7. The van der Waals surface area contributed by atoms with Crippen LogP contribution in [0.1, 0.15) is 58.9 Å². The average Bonchev–Trinajstić information content (AvgIpc) is 3.45. The number of benzene rings is 3. The fourth-order valence-corrected chi connectivity index (χ4v) is 6.36. The Hall–Kier alpha value is -4.86. The van der Waals surface area contributed by atoms with Gasteiger partial charge in [0, 0.05) is 30.2 Å². The zero-order valence-corrected chi connectivity index (χ0v) is 23.2. The third kappa shape index (κ3) is 5.65. The van der Waals surface area contributed by atoms with E-state index < -0.39 is 27.2 Å². The van der Waals surface area contributed by atoms with Gasteiger partial charge in [0.2, 0.25) is 0 Å². The van der Waals surface area contributed by atoms with Crippen molar-refractivity contribution in [3.63, 3.8) is 0 Å². The SMILES string of the molecule is CC1(C)C=C2C[C@@H](c3ccccc3)C(COC(=O)c3ccc([N+](=O)[O-])cc3)(COC(=O)c3ccc([N+](=O)[O-])cc3)[C@H]2C1. The number of hydrogen-bond donors (Lipinski definition) is 0. The molecule has 10 heteroatoms. The molecule has 0 bridgehead atoms. The maximum Gasteiger partial charge on any atom is 0.338 e. The maximum absolute atomic E-state index is 13.2. The molecule has 10 nitrogen and oxygen atoms in total. The van der Waals surface area contributed by atoms with E-state index in [1.54, 1.807) is 0 Å². The lowest BCUT2D eigenvalue weighted by atomic mass is 9.68. The largest absolute Gasteiger partial charge is 0.461 e. The zero-order chi connectivity index (χ0) is 30.1. The number of nitro benzene ring substituents is 2. The molecule has 2 aliphatic carbocycles. The van der Waals surface area contributed by atoms with Gasteiger partial charge >= 0.3 is 11.9 Å². The molecular weight excluding hydrogens is 540 g/mol. The first-order chi connectivity index (χ1) is 20.0. The predicted octanol–water partition coefficient (Wildman–Crippen LogP) is 6.66. The van der Waals surface area contributed by atoms with Crippen molar-refractivity contribution >= 4 is 23.3 Å². The van der Waals surface area contributed by atoms with Crippen LogP contribution in [0.25, 0.3) is 0 Å². The lowest BCUT2D eigenvalue weighted by Gasteiger charge is -2.40. The molecule has 1 fully saturated rings. The normalized spacial score (nSPS) is 19.8. The summed E-state index contributed by atoms with van der Waals surface area (Å²) in [6.45, 7) is 4.20. The van der Waals surface area contributed by atoms with Crippen molar-refractivity contribution in [2.75, 3.05) is 13.2 Å². The van der Waals surface area contributed by atoms with E-state index in [0.717, 1.165) is 12.0 Å². The number of esters is 2. The molecule has 0 N–H and O–H groups in total. The number of nitro groups is 2. The van der Waals surface area contributed by atoms with Gasteiger partial charge in [-0.1, -0.05) is 55.8 Å². The van der Waals surface area contributed by atoms with Crippen molar-refractivity contribution in [2.45, 2.75) is 32.6 Å². The molecule has 42 heavy (non-hydrogen) atoms. The molecule has 0 aromatic heterocycles. The van der Waals surface area contributed by atoms with E-state index in [4.69, 9.17) is 9.47 Å². The second kappa shape index (κ2) is 11.2. The van der Waals surface area contributed by atoms with Crippen LogP contribution >= 0.6 is 0 Å². The summed E-state index contributed by atoms with van der Waals surface area (Å²) in [5.41, 5.74) is 1.44. The molecular formula is C32H30N2O8. The van der Waals surface area contributed by atoms with Crippen LogP contribution in [0.4, 0.5) is 11.4 Å². The Morgan fingerprint density at radius 2 is 1.24 bits per heavy atom. The van der Waals surface area contributed by atoms with Gasteiger partial charge in [0.25, 0.3) is 11.4 Å². The summed E-state index contributed by atoms with van der Waals surface area (Å²) in [7, 11) is 0. The minimum atomic E-state index is -0.798. The summed E-state index contributed by atoms with van der Waals surface area (Å²) in [6, 6.07) is 20.3. The average molecular weight is 571 g/mol. The molecule has 0 spiro atoms. The predicted molar refractivity (Wildman–Crippen MR) is 153 cm³/mol. The third-order valence-electron chi connectivity index (χ3n) is 8.36. The second-order valence-electron chi connectivity index (χ2n) is 11.6. The number of carbonyl (C=O) groups is 2. The van der Waals surface area contributed by atoms with Crippen LogP contribution in [-0.2, 0) is 9.47 Å². The Bertz CT molecular complexity index is 1470. The van der Waals surface area contributed by atoms with Crippen LogP contribution in [0.15, 0.2) is 90.5 Å². The first-order valence-corrected chi connectivity index (χ1v) is 13.6. The van der Waals surface area contributed by atoms with E-state index in [2.05, 4.69) is 19.9 Å². The lowest BCUT2D eigenvalue weighted by Crippen LogP contribution is -2.42. The topological polar surface area (TPSA) is 139 Å². The quantitative estimate of drug-likeness (QED) is 0.120. The minimum Gasteiger partial charge on any atom is -0.461 e. The highest BCUT2D eigenvalue weighted by atomic mass is 16.6. The molecule has 0 radical (unpaired) electrons. The van der Waals surface area contributed by atoms with E-state index in [1.807, 2.05) is 30.3 Å². The van der Waals surface area contributed by atoms with Crippen LogP contribution in [0.5, 0.6) is 0 Å². The molecule has 0 heterocycles. The lowest BCUT2D eigenvalue weighted by molar-refractivity contribution is -0.385. The number of ether oxygens (including phenoxy) is 2. The smallest absolute Gasteiger partial charge is 0.338 e. The Morgan fingerprint density at radius 1 is 0.762 bits per heavy atom. The summed E-state index contributed by atoms with van der Waals surface area (Å²) in [4.78, 5) is 47.3. The highest BCUT2D eigenvalue weighted by Crippen LogP contribution is 2.62. The van der Waals surface area contributed by atoms with Gasteiger partial charge in [-0.3, -0.25) is 20.2 Å². The van der Waals surface area contributed by atoms with Gasteiger partial charge < -0.3 is 9.47 Å². The number of hydrogen-bond acceptors (Lipinski definition) is 8. The van der Waals surface area contributed by atoms with Crippen molar-refractivity contribution in [1.82, 2.24) is 0 Å². The van der Waals surface area contributed by atoms with E-state index >= 15 is 0 Å². The second-order valence-corrected chi connectivity index (χ2v) is 11.6. The van der Waals surface area contributed by atoms with Gasteiger partial charge in [0.15, 0.2) is 0 Å². The molecule has 3 aromatic rings. The standard InChI is InChI=1S/C32H30N2O8/c1-31(2)17-24-16-27(21-6-4-3-5-7-21)32(28(24)18-31,19-41-29(35)22-8-12-25(13-9-22)33(37)38)20-42-30(36)23-10-14-26(15-11-23)34(39)40/h3-15,17,27-28H,16,18-20H2,1-2H3/t27-,28-/m0/s1. The number of non-ortho nitro benzene ring substituents is 2. The van der Waals surface area contributed by atoms with Crippen LogP contribution in [-0.4, -0.2) is 35.0 Å². The molecule has 2 aliphatic rings. The first-order valence-electron chi connectivity index (χ1n) is 13.6. The fourth-order valence-electron chi connectivity index (χ4n) is 6.36. The summed E-state index contributed by atoms with van der Waals surface area (Å²) in [5, 5.41) is 22.1. The van der Waals surface area contributed by atoms with Crippen molar-refractivity contribution in [1.29, 1.82) is 0 Å². The van der Waals surface area contributed by atoms with Gasteiger partial charge in [-0.15, -0.1) is 0 Å². The van der Waals surface area contributed by atoms with Gasteiger partial charge in [-0.2, -0.15) is 0 Å². The molecule has 0 unspecified atom stereocenters. The fraction of sp³-hybridized carbons (Fsp3) is 0.312. The molecule has 5 rings (SSSR count). The maximum atomic E-state index is 13.2. The molecule has 0 amide bonds. The molecule has 0 saturated heterocycles. The van der Waals surface area contributed by atoms with Gasteiger partial charge in [-0.05, 0) is 54.0 Å². The van der Waals surface area contributed by atoms with Gasteiger partial charge in [-0.25, -0.2) is 9.59 Å². The zero-order valence-electron chi connectivity index (χ0n) is 23.2. The van der Waals surface area contributed by atoms with E-state index in [0.29, 0.717) is 6.42 Å². The number of fused-ring (bicyclic) bond motifs is 1. The third-order valence-corrected chi connectivity index (χ3v) is 8.36. The monoisotopic (exact) mass is 570 g/mol. The molecule has 216 valence electrons. The number of nitrogens with zero attached hydrogens (tertiary/aromatic N) is 2. The number of rotatable bonds is 9. The Kier molecular flexibility index (Phi) is 7.64. The summed E-state index contributed by atoms with van der Waals surface area (Å²) in [5.74, 6) is -1.42. The van der Waals surface area contributed by atoms with E-state index in [-0.39, 0.29) is 53.0 Å². The van der Waals surface area contributed by atoms with Crippen LogP contribution < -0.4 is 0 Å². The molecule has 0 aliphatic heterocycles. The molecule has 1 saturated carbocycles. The highest BCUT2D eigenvalue weighted by Gasteiger charge is 2.58. The Labute approximate surface area is 242 Å². The summed E-state index contributed by atoms with van der Waals surface area (Å²) in [6.07, 6.45) is 3.75. The van der Waals surface area contributed by atoms with Crippen LogP contribution in [0, 0.1) is 37.0 Å². The highest BCUT2D eigenvalue weighted by molar-refractivity contribution is 5.90. The van der Waals surface area contributed by atoms with Crippen LogP contribution in [0.2, 0.25) is 0 Å². The van der Waals surface area contributed by atoms with Crippen LogP contribution in [0.3, 0.4) is 0 Å². The number of allylic oxidation sites excluding steroid dienone is 2. The van der Waals surface area contributed by atoms with E-state index in [1.165, 1.54) is 54.1 Å². The van der Waals surface area contributed by atoms with E-state index in [9.17, 15) is 29.8 Å². The van der Waals surface area contributed by atoms with Gasteiger partial charge in [0.05, 0.1) is 26.4 Å². The number of carbonyl (C=O) groups excluding carboxylic acids is 2. The van der Waals surface area contributed by atoms with Crippen molar-refractivity contribution in [2.24, 2.45) is 16.7 Å².